The molecule has 8 aromatic heterocycles. The minimum Gasteiger partial charge on any atom is -0.308 e. The second kappa shape index (κ2) is 31.7. The first-order valence-corrected chi connectivity index (χ1v) is 43.7. The van der Waals surface area contributed by atoms with Gasteiger partial charge in [0.1, 0.15) is 23.3 Å². The van der Waals surface area contributed by atoms with Crippen LogP contribution in [0.25, 0.3) is 233 Å². The molecule has 16 aromatic carbocycles. The van der Waals surface area contributed by atoms with Gasteiger partial charge in [0.15, 0.2) is 0 Å². The van der Waals surface area contributed by atoms with E-state index in [9.17, 15) is 21.0 Å². The summed E-state index contributed by atoms with van der Waals surface area (Å²) in [6.07, 6.45) is 7.61. The molecular formula is C120H70N12. The molecule has 0 aliphatic carbocycles. The first-order chi connectivity index (χ1) is 65.2. The minimum atomic E-state index is 0.436. The topological polar surface area (TPSA) is 166 Å². The molecule has 0 atom stereocenters. The average Bonchev–Trinajstić information content (AvgIpc) is 1.55. The molecule has 24 aromatic rings. The SMILES string of the molecule is N#Cc1cccc(-c2cc(-n3c4ccccc4c4cc(-c5ccnc(-c6ccccc6)c5)ccc43)c(C#N)c(-n3c4ccc(-c5ccnc(-c6ccccc6)c5)cc4c4cc(-c5cnc(-c6ccccc6)cc5-c5ccc6c7ccccc7n(-c7cc(-c8cccc(C#N)c8)cc(-n8c9ccccc9c9ccc(-c%10ccnc(-c%11ccccc%11)c%10)cc98)c7C#N)c6c5)ccc43)c2)c1. The Morgan fingerprint density at radius 2 is 0.462 bits per heavy atom. The fraction of sp³-hybridized carbons (Fsp3) is 0. The van der Waals surface area contributed by atoms with Crippen molar-refractivity contribution in [2.75, 3.05) is 0 Å². The molecule has 0 bridgehead atoms. The quantitative estimate of drug-likeness (QED) is 0.0978. The maximum atomic E-state index is 12.4. The van der Waals surface area contributed by atoms with Crippen LogP contribution in [0.5, 0.6) is 0 Å². The maximum absolute atomic E-state index is 12.4. The summed E-state index contributed by atoms with van der Waals surface area (Å²) in [6.45, 7) is 0. The van der Waals surface area contributed by atoms with E-state index >= 15 is 0 Å². The second-order valence-electron chi connectivity index (χ2n) is 33.3. The lowest BCUT2D eigenvalue weighted by atomic mass is 9.93. The van der Waals surface area contributed by atoms with Gasteiger partial charge in [0.25, 0.3) is 0 Å². The Bertz CT molecular complexity index is 9080. The van der Waals surface area contributed by atoms with E-state index in [1.54, 1.807) is 0 Å². The van der Waals surface area contributed by atoms with Gasteiger partial charge in [-0.05, 0) is 230 Å². The Labute approximate surface area is 758 Å². The summed E-state index contributed by atoms with van der Waals surface area (Å²) in [5.74, 6) is 0. The number of rotatable bonds is 15. The Morgan fingerprint density at radius 1 is 0.174 bits per heavy atom. The van der Waals surface area contributed by atoms with Crippen molar-refractivity contribution in [3.05, 3.63) is 447 Å². The number of fused-ring (bicyclic) bond motifs is 12. The number of benzene rings is 16. The highest BCUT2D eigenvalue weighted by atomic mass is 15.0. The molecule has 12 heteroatoms. The number of nitriles is 4. The fourth-order valence-corrected chi connectivity index (χ4v) is 19.7. The summed E-state index contributed by atoms with van der Waals surface area (Å²) in [5, 5.41) is 53.9. The van der Waals surface area contributed by atoms with E-state index in [2.05, 4.69) is 316 Å². The third-order valence-corrected chi connectivity index (χ3v) is 25.9. The summed E-state index contributed by atoms with van der Waals surface area (Å²) in [4.78, 5) is 19.9. The highest BCUT2D eigenvalue weighted by Crippen LogP contribution is 2.48. The Hall–Kier alpha value is -18.7. The summed E-state index contributed by atoms with van der Waals surface area (Å²) in [5.41, 5.74) is 31.8. The normalized spacial score (nSPS) is 11.5. The monoisotopic (exact) mass is 1680 g/mol. The van der Waals surface area contributed by atoms with Crippen LogP contribution >= 0.6 is 0 Å². The molecule has 0 saturated heterocycles. The predicted octanol–water partition coefficient (Wildman–Crippen LogP) is 29.5. The van der Waals surface area contributed by atoms with Crippen molar-refractivity contribution in [3.63, 3.8) is 0 Å². The lowest BCUT2D eigenvalue weighted by Gasteiger charge is -2.19. The lowest BCUT2D eigenvalue weighted by molar-refractivity contribution is 1.12. The van der Waals surface area contributed by atoms with Gasteiger partial charge < -0.3 is 18.3 Å². The van der Waals surface area contributed by atoms with Crippen LogP contribution in [-0.4, -0.2) is 38.2 Å². The zero-order valence-electron chi connectivity index (χ0n) is 70.8. The zero-order chi connectivity index (χ0) is 88.0. The number of hydrogen-bond donors (Lipinski definition) is 0. The van der Waals surface area contributed by atoms with Crippen molar-refractivity contribution in [2.24, 2.45) is 0 Å². The van der Waals surface area contributed by atoms with Crippen LogP contribution in [0.2, 0.25) is 0 Å². The van der Waals surface area contributed by atoms with Crippen molar-refractivity contribution in [3.8, 4) is 170 Å². The van der Waals surface area contributed by atoms with Gasteiger partial charge in [-0.15, -0.1) is 0 Å². The molecule has 8 heterocycles. The van der Waals surface area contributed by atoms with Crippen LogP contribution in [0.15, 0.2) is 425 Å². The maximum Gasteiger partial charge on any atom is 0.104 e. The molecule has 0 spiro atoms. The molecule has 0 amide bonds. The van der Waals surface area contributed by atoms with Gasteiger partial charge in [0, 0.05) is 95.7 Å². The van der Waals surface area contributed by atoms with E-state index in [0.29, 0.717) is 45.0 Å². The third-order valence-electron chi connectivity index (χ3n) is 25.9. The Morgan fingerprint density at radius 3 is 0.871 bits per heavy atom. The van der Waals surface area contributed by atoms with Gasteiger partial charge in [-0.3, -0.25) is 19.9 Å². The molecule has 0 radical (unpaired) electrons. The van der Waals surface area contributed by atoms with Crippen molar-refractivity contribution in [2.45, 2.75) is 0 Å². The lowest BCUT2D eigenvalue weighted by Crippen LogP contribution is -2.05. The summed E-state index contributed by atoms with van der Waals surface area (Å²) >= 11 is 0. The molecule has 0 aliphatic heterocycles. The van der Waals surface area contributed by atoms with E-state index in [1.165, 1.54) is 0 Å². The standard InChI is InChI=1S/C120H70N12/c121-70-75-21-19-31-81(55-75)91-65-117(129-111-38-18-15-35-95(111)99-57-83(41-46-112(99)129)86-49-52-125-105(60-86)77-23-5-1-6-24-77)102(72-123)118(66-91)130-113-47-42-84(87-50-53-126-106(61-87)78-25-7-2-8-26-78)58-100(113)101-59-89(43-48-114(101)130)104-74-128-108(80-29-11-4-12-30-80)69-98(104)90-40-45-97-94-34-14-17-37-110(94)132(116(97)64-90)120-68-92(82-32-20-22-76(56-82)71-122)67-119(103(120)73-124)131-109-36-16-13-33-93(109)96-44-39-85(63-115(96)131)88-51-54-127-107(62-88)79-27-9-3-10-28-79/h1-69,74H. The van der Waals surface area contributed by atoms with Crippen LogP contribution < -0.4 is 0 Å². The fourth-order valence-electron chi connectivity index (χ4n) is 19.7. The van der Waals surface area contributed by atoms with Crippen LogP contribution in [0.1, 0.15) is 22.3 Å². The number of nitrogens with zero attached hydrogens (tertiary/aromatic N) is 12. The molecular weight excluding hydrogens is 1610 g/mol. The van der Waals surface area contributed by atoms with Gasteiger partial charge in [-0.25, -0.2) is 0 Å². The smallest absolute Gasteiger partial charge is 0.104 e. The highest BCUT2D eigenvalue weighted by molar-refractivity contribution is 6.16. The van der Waals surface area contributed by atoms with Crippen LogP contribution in [0.4, 0.5) is 0 Å². The van der Waals surface area contributed by atoms with Crippen molar-refractivity contribution in [1.82, 2.24) is 38.2 Å². The molecule has 0 N–H and O–H groups in total. The van der Waals surface area contributed by atoms with Crippen LogP contribution in [-0.2, 0) is 0 Å². The number of hydrogen-bond acceptors (Lipinski definition) is 8. The molecule has 0 aliphatic rings. The van der Waals surface area contributed by atoms with E-state index in [0.717, 1.165) is 210 Å². The molecule has 24 rings (SSSR count). The summed E-state index contributed by atoms with van der Waals surface area (Å²) in [7, 11) is 0. The molecule has 0 fully saturated rings. The Balaban J connectivity index is 0.727. The Kier molecular flexibility index (Phi) is 18.5. The van der Waals surface area contributed by atoms with Crippen molar-refractivity contribution in [1.29, 1.82) is 21.0 Å². The molecule has 0 unspecified atom stereocenters. The van der Waals surface area contributed by atoms with E-state index in [-0.39, 0.29) is 0 Å². The molecule has 132 heavy (non-hydrogen) atoms. The van der Waals surface area contributed by atoms with Crippen LogP contribution in [0, 0.1) is 45.3 Å². The van der Waals surface area contributed by atoms with Crippen molar-refractivity contribution < 1.29 is 0 Å². The summed E-state index contributed by atoms with van der Waals surface area (Å²) in [6, 6.07) is 149. The first kappa shape index (κ1) is 76.9. The van der Waals surface area contributed by atoms with E-state index < -0.39 is 0 Å². The van der Waals surface area contributed by atoms with Gasteiger partial charge in [0.05, 0.1) is 113 Å². The third kappa shape index (κ3) is 13.0. The predicted molar refractivity (Wildman–Crippen MR) is 534 cm³/mol. The van der Waals surface area contributed by atoms with Crippen LogP contribution in [0.3, 0.4) is 0 Å². The van der Waals surface area contributed by atoms with Gasteiger partial charge in [-0.1, -0.05) is 243 Å². The second-order valence-corrected chi connectivity index (χ2v) is 33.3. The summed E-state index contributed by atoms with van der Waals surface area (Å²) < 4.78 is 9.00. The minimum absolute atomic E-state index is 0.436. The molecule has 12 nitrogen and oxygen atoms in total. The van der Waals surface area contributed by atoms with Crippen molar-refractivity contribution >= 4 is 87.2 Å². The largest absolute Gasteiger partial charge is 0.308 e. The first-order valence-electron chi connectivity index (χ1n) is 43.7. The van der Waals surface area contributed by atoms with Gasteiger partial charge >= 0.3 is 0 Å². The molecule has 610 valence electrons. The number of pyridine rings is 4. The zero-order valence-corrected chi connectivity index (χ0v) is 70.8. The number of aromatic nitrogens is 8. The van der Waals surface area contributed by atoms with Gasteiger partial charge in [-0.2, -0.15) is 21.0 Å². The van der Waals surface area contributed by atoms with E-state index in [1.807, 2.05) is 152 Å². The molecule has 0 saturated carbocycles. The average molecular weight is 1680 g/mol. The van der Waals surface area contributed by atoms with Gasteiger partial charge in [0.2, 0.25) is 0 Å². The van der Waals surface area contributed by atoms with E-state index in [4.69, 9.17) is 19.9 Å². The number of para-hydroxylation sites is 3. The highest BCUT2D eigenvalue weighted by Gasteiger charge is 2.29.